The highest BCUT2D eigenvalue weighted by Crippen LogP contribution is 2.31. The number of aromatic carboxylic acids is 1. The summed E-state index contributed by atoms with van der Waals surface area (Å²) in [5.74, 6) is -1.46. The molecule has 1 fully saturated rings. The van der Waals surface area contributed by atoms with Crippen molar-refractivity contribution in [3.8, 4) is 0 Å². The number of H-pyrrole nitrogens is 1. The minimum absolute atomic E-state index is 0.00641. The number of aromatic nitrogens is 1. The fourth-order valence-electron chi connectivity index (χ4n) is 3.64. The Kier molecular flexibility index (Phi) is 3.95. The lowest BCUT2D eigenvalue weighted by molar-refractivity contribution is 0.0695. The van der Waals surface area contributed by atoms with Crippen molar-refractivity contribution in [3.05, 3.63) is 71.2 Å². The van der Waals surface area contributed by atoms with Crippen LogP contribution in [0.1, 0.15) is 38.7 Å². The second kappa shape index (κ2) is 6.29. The maximum Gasteiger partial charge on any atom is 0.335 e. The molecule has 2 heterocycles. The lowest BCUT2D eigenvalue weighted by Gasteiger charge is -2.17. The number of fused-ring (bicyclic) bond motifs is 1. The van der Waals surface area contributed by atoms with Crippen molar-refractivity contribution >= 4 is 22.8 Å². The first-order valence-electron chi connectivity index (χ1n) is 8.42. The summed E-state index contributed by atoms with van der Waals surface area (Å²) in [6.45, 7) is 1.02. The molecule has 0 bridgehead atoms. The molecule has 1 amide bonds. The van der Waals surface area contributed by atoms with Gasteiger partial charge in [-0.15, -0.1) is 0 Å². The van der Waals surface area contributed by atoms with Crippen LogP contribution in [0, 0.1) is 5.82 Å². The lowest BCUT2D eigenvalue weighted by atomic mass is 9.93. The normalized spacial score (nSPS) is 17.0. The molecule has 132 valence electrons. The number of carbonyl (C=O) groups excluding carboxylic acids is 1. The van der Waals surface area contributed by atoms with Gasteiger partial charge < -0.3 is 15.0 Å². The van der Waals surface area contributed by atoms with E-state index in [2.05, 4.69) is 4.98 Å². The van der Waals surface area contributed by atoms with Gasteiger partial charge >= 0.3 is 5.97 Å². The first-order chi connectivity index (χ1) is 12.5. The molecule has 5 nitrogen and oxygen atoms in total. The average Bonchev–Trinajstić information content (AvgIpc) is 3.27. The van der Waals surface area contributed by atoms with Crippen LogP contribution >= 0.6 is 0 Å². The monoisotopic (exact) mass is 352 g/mol. The molecule has 0 aliphatic carbocycles. The standard InChI is InChI=1S/C20H17FN2O3/c21-14-5-6-17-13(9-14)10-18(22-17)19(24)23-8-7-12(11-23)15-3-1-2-4-16(15)20(25)26/h1-6,9-10,12,22H,7-8,11H2,(H,25,26)/t12-/m1/s1. The van der Waals surface area contributed by atoms with Gasteiger partial charge in [0.1, 0.15) is 11.5 Å². The van der Waals surface area contributed by atoms with Gasteiger partial charge in [-0.2, -0.15) is 0 Å². The van der Waals surface area contributed by atoms with Gasteiger partial charge in [-0.25, -0.2) is 9.18 Å². The first kappa shape index (κ1) is 16.3. The lowest BCUT2D eigenvalue weighted by Crippen LogP contribution is -2.28. The number of nitrogens with one attached hydrogen (secondary N) is 1. The number of carboxylic acid groups (broad SMARTS) is 1. The molecule has 1 saturated heterocycles. The van der Waals surface area contributed by atoms with E-state index in [1.807, 2.05) is 12.1 Å². The fraction of sp³-hybridized carbons (Fsp3) is 0.200. The molecule has 2 N–H and O–H groups in total. The van der Waals surface area contributed by atoms with Gasteiger partial charge in [-0.05, 0) is 42.3 Å². The largest absolute Gasteiger partial charge is 0.478 e. The van der Waals surface area contributed by atoms with Gasteiger partial charge in [0.15, 0.2) is 0 Å². The number of rotatable bonds is 3. The van der Waals surface area contributed by atoms with E-state index in [9.17, 15) is 19.1 Å². The van der Waals surface area contributed by atoms with Crippen molar-refractivity contribution in [3.63, 3.8) is 0 Å². The number of halogens is 1. The zero-order valence-electron chi connectivity index (χ0n) is 13.9. The molecule has 4 rings (SSSR count). The molecular weight excluding hydrogens is 335 g/mol. The van der Waals surface area contributed by atoms with E-state index in [0.29, 0.717) is 36.1 Å². The van der Waals surface area contributed by atoms with E-state index in [1.165, 1.54) is 12.1 Å². The minimum Gasteiger partial charge on any atom is -0.478 e. The van der Waals surface area contributed by atoms with Crippen LogP contribution in [-0.4, -0.2) is 40.0 Å². The van der Waals surface area contributed by atoms with E-state index in [1.54, 1.807) is 29.2 Å². The molecule has 1 atom stereocenters. The van der Waals surface area contributed by atoms with Crippen LogP contribution in [0.25, 0.3) is 10.9 Å². The van der Waals surface area contributed by atoms with E-state index in [4.69, 9.17) is 0 Å². The van der Waals surface area contributed by atoms with E-state index in [-0.39, 0.29) is 23.2 Å². The van der Waals surface area contributed by atoms with Crippen LogP contribution in [0.4, 0.5) is 4.39 Å². The number of likely N-dealkylation sites (tertiary alicyclic amines) is 1. The summed E-state index contributed by atoms with van der Waals surface area (Å²) in [5, 5.41) is 10.0. The maximum absolute atomic E-state index is 13.3. The predicted molar refractivity (Wildman–Crippen MR) is 94.9 cm³/mol. The molecule has 0 radical (unpaired) electrons. The number of nitrogens with zero attached hydrogens (tertiary/aromatic N) is 1. The van der Waals surface area contributed by atoms with Crippen molar-refractivity contribution in [1.82, 2.24) is 9.88 Å². The molecule has 0 unspecified atom stereocenters. The Balaban J connectivity index is 1.56. The first-order valence-corrected chi connectivity index (χ1v) is 8.42. The van der Waals surface area contributed by atoms with Gasteiger partial charge in [-0.3, -0.25) is 4.79 Å². The number of carboxylic acids is 1. The highest BCUT2D eigenvalue weighted by molar-refractivity contribution is 5.98. The van der Waals surface area contributed by atoms with Crippen LogP contribution < -0.4 is 0 Å². The smallest absolute Gasteiger partial charge is 0.335 e. The number of amides is 1. The molecule has 6 heteroatoms. The van der Waals surface area contributed by atoms with E-state index in [0.717, 1.165) is 5.56 Å². The van der Waals surface area contributed by atoms with Crippen LogP contribution in [0.2, 0.25) is 0 Å². The summed E-state index contributed by atoms with van der Waals surface area (Å²) in [6, 6.07) is 12.9. The molecule has 2 aromatic carbocycles. The van der Waals surface area contributed by atoms with Crippen molar-refractivity contribution in [2.75, 3.05) is 13.1 Å². The molecular formula is C20H17FN2O3. The van der Waals surface area contributed by atoms with Crippen LogP contribution in [-0.2, 0) is 0 Å². The van der Waals surface area contributed by atoms with Crippen molar-refractivity contribution in [1.29, 1.82) is 0 Å². The zero-order valence-corrected chi connectivity index (χ0v) is 13.9. The van der Waals surface area contributed by atoms with Gasteiger partial charge in [0.25, 0.3) is 5.91 Å². The molecule has 0 saturated carbocycles. The Morgan fingerprint density at radius 1 is 1.15 bits per heavy atom. The Bertz CT molecular complexity index is 1010. The number of hydrogen-bond donors (Lipinski definition) is 2. The predicted octanol–water partition coefficient (Wildman–Crippen LogP) is 3.63. The Hall–Kier alpha value is -3.15. The van der Waals surface area contributed by atoms with E-state index < -0.39 is 5.97 Å². The summed E-state index contributed by atoms with van der Waals surface area (Å²) in [6.07, 6.45) is 0.713. The number of benzene rings is 2. The maximum atomic E-state index is 13.3. The molecule has 1 aliphatic heterocycles. The summed E-state index contributed by atoms with van der Waals surface area (Å²) in [4.78, 5) is 29.0. The Morgan fingerprint density at radius 2 is 1.96 bits per heavy atom. The van der Waals surface area contributed by atoms with Gasteiger partial charge in [0.05, 0.1) is 5.56 Å². The van der Waals surface area contributed by atoms with Crippen LogP contribution in [0.3, 0.4) is 0 Å². The highest BCUT2D eigenvalue weighted by atomic mass is 19.1. The summed E-state index contributed by atoms with van der Waals surface area (Å²) < 4.78 is 13.3. The van der Waals surface area contributed by atoms with Gasteiger partial charge in [0.2, 0.25) is 0 Å². The highest BCUT2D eigenvalue weighted by Gasteiger charge is 2.30. The molecule has 1 aromatic heterocycles. The Morgan fingerprint density at radius 3 is 2.77 bits per heavy atom. The second-order valence-corrected chi connectivity index (χ2v) is 6.54. The minimum atomic E-state index is -0.956. The summed E-state index contributed by atoms with van der Waals surface area (Å²) in [7, 11) is 0. The third-order valence-electron chi connectivity index (χ3n) is 4.92. The molecule has 1 aliphatic rings. The fourth-order valence-corrected chi connectivity index (χ4v) is 3.64. The van der Waals surface area contributed by atoms with Gasteiger partial charge in [0, 0.05) is 29.9 Å². The molecule has 0 spiro atoms. The third kappa shape index (κ3) is 2.83. The summed E-state index contributed by atoms with van der Waals surface area (Å²) in [5.41, 5.74) is 2.17. The number of hydrogen-bond acceptors (Lipinski definition) is 2. The van der Waals surface area contributed by atoms with Crippen molar-refractivity contribution in [2.24, 2.45) is 0 Å². The third-order valence-corrected chi connectivity index (χ3v) is 4.92. The number of aromatic amines is 1. The summed E-state index contributed by atoms with van der Waals surface area (Å²) >= 11 is 0. The van der Waals surface area contributed by atoms with Crippen LogP contribution in [0.15, 0.2) is 48.5 Å². The van der Waals surface area contributed by atoms with Gasteiger partial charge in [-0.1, -0.05) is 18.2 Å². The topological polar surface area (TPSA) is 73.4 Å². The number of carbonyl (C=O) groups is 2. The van der Waals surface area contributed by atoms with Crippen LogP contribution in [0.5, 0.6) is 0 Å². The van der Waals surface area contributed by atoms with Crippen molar-refractivity contribution < 1.29 is 19.1 Å². The van der Waals surface area contributed by atoms with E-state index >= 15 is 0 Å². The zero-order chi connectivity index (χ0) is 18.3. The SMILES string of the molecule is O=C(O)c1ccccc1[C@@H]1CCN(C(=O)c2cc3cc(F)ccc3[nH]2)C1. The molecule has 26 heavy (non-hydrogen) atoms. The van der Waals surface area contributed by atoms with Crippen molar-refractivity contribution in [2.45, 2.75) is 12.3 Å². The molecule has 3 aromatic rings. The average molecular weight is 352 g/mol. The second-order valence-electron chi connectivity index (χ2n) is 6.54. The quantitative estimate of drug-likeness (QED) is 0.756. The Labute approximate surface area is 149 Å².